The van der Waals surface area contributed by atoms with Gasteiger partial charge in [-0.3, -0.25) is 19.9 Å². The topological polar surface area (TPSA) is 78.7 Å². The minimum absolute atomic E-state index is 0.0548. The van der Waals surface area contributed by atoms with Crippen molar-refractivity contribution in [1.29, 1.82) is 0 Å². The van der Waals surface area contributed by atoms with Crippen LogP contribution in [0.3, 0.4) is 0 Å². The molecule has 0 aromatic carbocycles. The predicted molar refractivity (Wildman–Crippen MR) is 78.6 cm³/mol. The molecule has 6 nitrogen and oxygen atoms in total. The minimum Gasteiger partial charge on any atom is -0.342 e. The van der Waals surface area contributed by atoms with Crippen molar-refractivity contribution >= 4 is 11.8 Å². The van der Waals surface area contributed by atoms with Crippen LogP contribution in [0.1, 0.15) is 39.5 Å². The molecule has 116 valence electrons. The van der Waals surface area contributed by atoms with Crippen molar-refractivity contribution < 1.29 is 9.59 Å². The molecular weight excluding hydrogens is 256 g/mol. The van der Waals surface area contributed by atoms with E-state index < -0.39 is 0 Å². The highest BCUT2D eigenvalue weighted by atomic mass is 16.2. The summed E-state index contributed by atoms with van der Waals surface area (Å²) in [6, 6.07) is 0.421. The van der Waals surface area contributed by atoms with Gasteiger partial charge in [0.2, 0.25) is 11.8 Å². The first-order valence-electron chi connectivity index (χ1n) is 7.48. The van der Waals surface area contributed by atoms with Crippen molar-refractivity contribution in [2.24, 2.45) is 11.8 Å². The third kappa shape index (κ3) is 4.76. The Morgan fingerprint density at radius 2 is 2.00 bits per heavy atom. The fourth-order valence-electron chi connectivity index (χ4n) is 2.62. The fraction of sp³-hybridized carbons (Fsp3) is 0.857. The van der Waals surface area contributed by atoms with E-state index in [0.29, 0.717) is 38.5 Å². The van der Waals surface area contributed by atoms with Crippen LogP contribution in [0.25, 0.3) is 0 Å². The third-order valence-electron chi connectivity index (χ3n) is 4.20. The van der Waals surface area contributed by atoms with Crippen molar-refractivity contribution in [3.63, 3.8) is 0 Å². The Morgan fingerprint density at radius 1 is 1.40 bits per heavy atom. The van der Waals surface area contributed by atoms with E-state index in [1.807, 2.05) is 11.9 Å². The van der Waals surface area contributed by atoms with Crippen molar-refractivity contribution in [3.05, 3.63) is 0 Å². The first-order valence-corrected chi connectivity index (χ1v) is 7.48. The van der Waals surface area contributed by atoms with Gasteiger partial charge < -0.3 is 4.90 Å². The van der Waals surface area contributed by atoms with Crippen LogP contribution in [-0.2, 0) is 9.59 Å². The molecule has 0 aliphatic carbocycles. The molecule has 1 rings (SSSR count). The number of hydrazine groups is 1. The van der Waals surface area contributed by atoms with E-state index in [2.05, 4.69) is 24.2 Å². The summed E-state index contributed by atoms with van der Waals surface area (Å²) in [4.78, 5) is 27.6. The van der Waals surface area contributed by atoms with Crippen LogP contribution in [-0.4, -0.2) is 54.3 Å². The number of rotatable bonds is 6. The van der Waals surface area contributed by atoms with Gasteiger partial charge in [0.25, 0.3) is 0 Å². The predicted octanol–water partition coefficient (Wildman–Crippen LogP) is 0.335. The standard InChI is InChI=1S/C14H28N4O2/c1-4-5-11(2)17(3)10-13(19)18-8-6-12(7-9-18)14(20)16-15/h11-12H,4-10,15H2,1-3H3,(H,16,20). The summed E-state index contributed by atoms with van der Waals surface area (Å²) < 4.78 is 0. The van der Waals surface area contributed by atoms with Crippen molar-refractivity contribution in [3.8, 4) is 0 Å². The molecule has 6 heteroatoms. The molecule has 0 aromatic rings. The van der Waals surface area contributed by atoms with Gasteiger partial charge in [0.1, 0.15) is 0 Å². The summed E-state index contributed by atoms with van der Waals surface area (Å²) in [5.74, 6) is 5.12. The number of likely N-dealkylation sites (tertiary alicyclic amines) is 1. The summed E-state index contributed by atoms with van der Waals surface area (Å²) in [7, 11) is 1.99. The Bertz CT molecular complexity index is 327. The normalized spacial score (nSPS) is 18.1. The van der Waals surface area contributed by atoms with Gasteiger partial charge in [0.05, 0.1) is 6.54 Å². The van der Waals surface area contributed by atoms with Crippen LogP contribution in [0.15, 0.2) is 0 Å². The fourth-order valence-corrected chi connectivity index (χ4v) is 2.62. The average Bonchev–Trinajstić information content (AvgIpc) is 2.46. The summed E-state index contributed by atoms with van der Waals surface area (Å²) in [5.41, 5.74) is 2.19. The maximum atomic E-state index is 12.2. The van der Waals surface area contributed by atoms with Crippen LogP contribution in [0.5, 0.6) is 0 Å². The number of nitrogens with zero attached hydrogens (tertiary/aromatic N) is 2. The number of amides is 2. The van der Waals surface area contributed by atoms with Crippen LogP contribution >= 0.6 is 0 Å². The molecule has 1 unspecified atom stereocenters. The first-order chi connectivity index (χ1) is 9.49. The van der Waals surface area contributed by atoms with E-state index in [1.54, 1.807) is 0 Å². The van der Waals surface area contributed by atoms with Gasteiger partial charge in [-0.25, -0.2) is 5.84 Å². The van der Waals surface area contributed by atoms with Crippen molar-refractivity contribution in [2.45, 2.75) is 45.6 Å². The van der Waals surface area contributed by atoms with Gasteiger partial charge in [-0.2, -0.15) is 0 Å². The van der Waals surface area contributed by atoms with E-state index in [4.69, 9.17) is 5.84 Å². The second kappa shape index (κ2) is 8.21. The second-order valence-corrected chi connectivity index (χ2v) is 5.72. The number of carbonyl (C=O) groups excluding carboxylic acids is 2. The highest BCUT2D eigenvalue weighted by molar-refractivity contribution is 5.80. The molecule has 0 saturated carbocycles. The molecular formula is C14H28N4O2. The highest BCUT2D eigenvalue weighted by Crippen LogP contribution is 2.17. The van der Waals surface area contributed by atoms with Gasteiger partial charge in [0, 0.05) is 25.0 Å². The lowest BCUT2D eigenvalue weighted by atomic mass is 9.96. The molecule has 20 heavy (non-hydrogen) atoms. The minimum atomic E-state index is -0.120. The molecule has 0 radical (unpaired) electrons. The van der Waals surface area contributed by atoms with Crippen LogP contribution in [0, 0.1) is 5.92 Å². The molecule has 1 heterocycles. The lowest BCUT2D eigenvalue weighted by Gasteiger charge is -2.33. The molecule has 1 aliphatic rings. The molecule has 2 amide bonds. The van der Waals surface area contributed by atoms with Crippen molar-refractivity contribution in [1.82, 2.24) is 15.2 Å². The smallest absolute Gasteiger partial charge is 0.237 e. The molecule has 0 aromatic heterocycles. The van der Waals surface area contributed by atoms with E-state index in [-0.39, 0.29) is 17.7 Å². The Morgan fingerprint density at radius 3 is 2.50 bits per heavy atom. The van der Waals surface area contributed by atoms with Crippen LogP contribution in [0.4, 0.5) is 0 Å². The molecule has 1 atom stereocenters. The second-order valence-electron chi connectivity index (χ2n) is 5.72. The van der Waals surface area contributed by atoms with Crippen LogP contribution in [0.2, 0.25) is 0 Å². The number of nitrogens with one attached hydrogen (secondary N) is 1. The van der Waals surface area contributed by atoms with E-state index >= 15 is 0 Å². The molecule has 0 bridgehead atoms. The molecule has 1 fully saturated rings. The van der Waals surface area contributed by atoms with E-state index in [0.717, 1.165) is 12.8 Å². The zero-order chi connectivity index (χ0) is 15.1. The van der Waals surface area contributed by atoms with Crippen LogP contribution < -0.4 is 11.3 Å². The van der Waals surface area contributed by atoms with E-state index in [1.165, 1.54) is 0 Å². The lowest BCUT2D eigenvalue weighted by Crippen LogP contribution is -2.47. The number of hydrogen-bond donors (Lipinski definition) is 2. The monoisotopic (exact) mass is 284 g/mol. The maximum Gasteiger partial charge on any atom is 0.237 e. The van der Waals surface area contributed by atoms with E-state index in [9.17, 15) is 9.59 Å². The van der Waals surface area contributed by atoms with Crippen molar-refractivity contribution in [2.75, 3.05) is 26.7 Å². The Hall–Kier alpha value is -1.14. The third-order valence-corrected chi connectivity index (χ3v) is 4.20. The number of nitrogens with two attached hydrogens (primary N) is 1. The SMILES string of the molecule is CCCC(C)N(C)CC(=O)N1CCC(C(=O)NN)CC1. The maximum absolute atomic E-state index is 12.2. The van der Waals surface area contributed by atoms with Gasteiger partial charge in [-0.15, -0.1) is 0 Å². The summed E-state index contributed by atoms with van der Waals surface area (Å²) >= 11 is 0. The largest absolute Gasteiger partial charge is 0.342 e. The van der Waals surface area contributed by atoms with Gasteiger partial charge in [0.15, 0.2) is 0 Å². The Labute approximate surface area is 121 Å². The summed E-state index contributed by atoms with van der Waals surface area (Å²) in [6.07, 6.45) is 3.62. The highest BCUT2D eigenvalue weighted by Gasteiger charge is 2.27. The number of piperidine rings is 1. The molecule has 0 spiro atoms. The number of likely N-dealkylation sites (N-methyl/N-ethyl adjacent to an activating group) is 1. The zero-order valence-corrected chi connectivity index (χ0v) is 12.9. The quantitative estimate of drug-likeness (QED) is 0.419. The zero-order valence-electron chi connectivity index (χ0n) is 12.9. The molecule has 1 saturated heterocycles. The number of hydrogen-bond acceptors (Lipinski definition) is 4. The summed E-state index contributed by atoms with van der Waals surface area (Å²) in [5, 5.41) is 0. The summed E-state index contributed by atoms with van der Waals surface area (Å²) in [6.45, 7) is 6.04. The van der Waals surface area contributed by atoms with Gasteiger partial charge >= 0.3 is 0 Å². The molecule has 3 N–H and O–H groups in total. The van der Waals surface area contributed by atoms with Gasteiger partial charge in [-0.05, 0) is 33.2 Å². The van der Waals surface area contributed by atoms with Gasteiger partial charge in [-0.1, -0.05) is 13.3 Å². The Balaban J connectivity index is 2.37. The number of carbonyl (C=O) groups is 2. The first kappa shape index (κ1) is 16.9. The lowest BCUT2D eigenvalue weighted by molar-refractivity contribution is -0.136. The Kier molecular flexibility index (Phi) is 6.95. The molecule has 1 aliphatic heterocycles. The average molecular weight is 284 g/mol.